The van der Waals surface area contributed by atoms with Gasteiger partial charge in [0.15, 0.2) is 11.5 Å². The van der Waals surface area contributed by atoms with Crippen molar-refractivity contribution in [2.45, 2.75) is 32.7 Å². The van der Waals surface area contributed by atoms with Crippen LogP contribution in [0.5, 0.6) is 17.2 Å². The fraction of sp³-hybridized carbons (Fsp3) is 0.310. The topological polar surface area (TPSA) is 74.6 Å². The van der Waals surface area contributed by atoms with Gasteiger partial charge in [-0.05, 0) is 55.3 Å². The molecule has 1 heterocycles. The first-order valence-corrected chi connectivity index (χ1v) is 12.2. The monoisotopic (exact) mass is 487 g/mol. The molecule has 4 aromatic rings. The van der Waals surface area contributed by atoms with Crippen molar-refractivity contribution in [3.8, 4) is 17.2 Å². The molecule has 4 rings (SSSR count). The minimum atomic E-state index is -0.0257. The Hall–Kier alpha value is -4.00. The lowest BCUT2D eigenvalue weighted by Gasteiger charge is -2.12. The molecule has 0 aliphatic rings. The second-order valence-corrected chi connectivity index (χ2v) is 8.65. The van der Waals surface area contributed by atoms with E-state index in [9.17, 15) is 4.79 Å². The van der Waals surface area contributed by atoms with Gasteiger partial charge >= 0.3 is 0 Å². The zero-order chi connectivity index (χ0) is 25.3. The highest BCUT2D eigenvalue weighted by Crippen LogP contribution is 2.27. The van der Waals surface area contributed by atoms with E-state index in [4.69, 9.17) is 19.2 Å². The highest BCUT2D eigenvalue weighted by molar-refractivity contribution is 5.79. The molecule has 1 aromatic heterocycles. The molecule has 1 N–H and O–H groups in total. The first-order chi connectivity index (χ1) is 17.6. The number of ether oxygens (including phenoxy) is 3. The zero-order valence-corrected chi connectivity index (χ0v) is 21.1. The fourth-order valence-electron chi connectivity index (χ4n) is 4.17. The van der Waals surface area contributed by atoms with Gasteiger partial charge in [0.05, 0.1) is 38.2 Å². The molecule has 1 amide bonds. The Labute approximate surface area is 212 Å². The summed E-state index contributed by atoms with van der Waals surface area (Å²) in [4.78, 5) is 17.3. The van der Waals surface area contributed by atoms with Crippen molar-refractivity contribution in [2.24, 2.45) is 0 Å². The van der Waals surface area contributed by atoms with E-state index in [1.165, 1.54) is 5.56 Å². The van der Waals surface area contributed by atoms with Gasteiger partial charge in [0.1, 0.15) is 18.2 Å². The number of imidazole rings is 1. The zero-order valence-electron chi connectivity index (χ0n) is 21.1. The molecule has 36 heavy (non-hydrogen) atoms. The summed E-state index contributed by atoms with van der Waals surface area (Å²) in [6, 6.07) is 21.7. The first kappa shape index (κ1) is 25.1. The molecule has 0 saturated carbocycles. The van der Waals surface area contributed by atoms with Crippen LogP contribution in [0, 0.1) is 6.92 Å². The van der Waals surface area contributed by atoms with Gasteiger partial charge in [0.25, 0.3) is 0 Å². The third kappa shape index (κ3) is 6.36. The van der Waals surface area contributed by atoms with E-state index in [1.807, 2.05) is 60.7 Å². The molecule has 0 aliphatic carbocycles. The maximum Gasteiger partial charge on any atom is 0.224 e. The van der Waals surface area contributed by atoms with Crippen molar-refractivity contribution in [1.82, 2.24) is 14.9 Å². The van der Waals surface area contributed by atoms with Gasteiger partial charge in [-0.2, -0.15) is 0 Å². The van der Waals surface area contributed by atoms with Crippen molar-refractivity contribution in [3.05, 3.63) is 83.7 Å². The van der Waals surface area contributed by atoms with Crippen LogP contribution in [0.3, 0.4) is 0 Å². The number of carbonyl (C=O) groups excluding carboxylic acids is 1. The SMILES string of the molecule is COc1ccc(CC(=O)NCCCc2nc3ccccc3n2CCOc2ccc(C)cc2)cc1OC. The van der Waals surface area contributed by atoms with Gasteiger partial charge in [0.2, 0.25) is 5.91 Å². The summed E-state index contributed by atoms with van der Waals surface area (Å²) in [5.41, 5.74) is 4.15. The normalized spacial score (nSPS) is 10.9. The third-order valence-electron chi connectivity index (χ3n) is 6.05. The minimum absolute atomic E-state index is 0.0257. The number of hydrogen-bond acceptors (Lipinski definition) is 5. The molecule has 0 saturated heterocycles. The average molecular weight is 488 g/mol. The molecule has 0 fully saturated rings. The molecular weight excluding hydrogens is 454 g/mol. The van der Waals surface area contributed by atoms with Crippen molar-refractivity contribution >= 4 is 16.9 Å². The van der Waals surface area contributed by atoms with E-state index in [1.54, 1.807) is 14.2 Å². The van der Waals surface area contributed by atoms with Crippen LogP contribution in [-0.4, -0.2) is 42.8 Å². The lowest BCUT2D eigenvalue weighted by molar-refractivity contribution is -0.120. The molecule has 0 aliphatic heterocycles. The number of aromatic nitrogens is 2. The van der Waals surface area contributed by atoms with Crippen LogP contribution in [0.1, 0.15) is 23.4 Å². The van der Waals surface area contributed by atoms with Crippen molar-refractivity contribution in [3.63, 3.8) is 0 Å². The Balaban J connectivity index is 1.31. The molecule has 3 aromatic carbocycles. The minimum Gasteiger partial charge on any atom is -0.493 e. The Bertz CT molecular complexity index is 1300. The molecule has 0 spiro atoms. The Kier molecular flexibility index (Phi) is 8.44. The van der Waals surface area contributed by atoms with E-state index < -0.39 is 0 Å². The highest BCUT2D eigenvalue weighted by Gasteiger charge is 2.12. The quantitative estimate of drug-likeness (QED) is 0.293. The van der Waals surface area contributed by atoms with Gasteiger partial charge in [-0.1, -0.05) is 35.9 Å². The summed E-state index contributed by atoms with van der Waals surface area (Å²) >= 11 is 0. The molecule has 0 bridgehead atoms. The van der Waals surface area contributed by atoms with Crippen LogP contribution in [0.4, 0.5) is 0 Å². The smallest absolute Gasteiger partial charge is 0.224 e. The number of nitrogens with one attached hydrogen (secondary N) is 1. The molecular formula is C29H33N3O4. The van der Waals surface area contributed by atoms with E-state index in [-0.39, 0.29) is 12.3 Å². The van der Waals surface area contributed by atoms with Gasteiger partial charge in [-0.25, -0.2) is 4.98 Å². The number of benzene rings is 3. The van der Waals surface area contributed by atoms with Crippen molar-refractivity contribution < 1.29 is 19.0 Å². The Morgan fingerprint density at radius 1 is 0.972 bits per heavy atom. The summed E-state index contributed by atoms with van der Waals surface area (Å²) < 4.78 is 18.8. The van der Waals surface area contributed by atoms with E-state index >= 15 is 0 Å². The van der Waals surface area contributed by atoms with E-state index in [0.29, 0.717) is 31.2 Å². The number of fused-ring (bicyclic) bond motifs is 1. The standard InChI is InChI=1S/C29H33N3O4/c1-21-10-13-23(14-11-21)36-18-17-32-25-8-5-4-7-24(25)31-28(32)9-6-16-30-29(33)20-22-12-15-26(34-2)27(19-22)35-3/h4-5,7-8,10-15,19H,6,9,16-18,20H2,1-3H3,(H,30,33). The van der Waals surface area contributed by atoms with E-state index in [2.05, 4.69) is 22.9 Å². The summed E-state index contributed by atoms with van der Waals surface area (Å²) in [6.45, 7) is 3.90. The van der Waals surface area contributed by atoms with Gasteiger partial charge < -0.3 is 24.1 Å². The summed E-state index contributed by atoms with van der Waals surface area (Å²) in [7, 11) is 3.18. The second kappa shape index (κ2) is 12.1. The summed E-state index contributed by atoms with van der Waals surface area (Å²) in [5, 5.41) is 3.02. The summed E-state index contributed by atoms with van der Waals surface area (Å²) in [6.07, 6.45) is 1.84. The Morgan fingerprint density at radius 3 is 2.53 bits per heavy atom. The van der Waals surface area contributed by atoms with Crippen LogP contribution >= 0.6 is 0 Å². The third-order valence-corrected chi connectivity index (χ3v) is 6.05. The van der Waals surface area contributed by atoms with Crippen LogP contribution in [0.15, 0.2) is 66.7 Å². The number of para-hydroxylation sites is 2. The molecule has 188 valence electrons. The number of methoxy groups -OCH3 is 2. The maximum absolute atomic E-state index is 12.5. The van der Waals surface area contributed by atoms with Gasteiger partial charge in [-0.3, -0.25) is 4.79 Å². The van der Waals surface area contributed by atoms with Crippen molar-refractivity contribution in [2.75, 3.05) is 27.4 Å². The molecule has 0 unspecified atom stereocenters. The molecule has 0 radical (unpaired) electrons. The van der Waals surface area contributed by atoms with Crippen LogP contribution in [0.25, 0.3) is 11.0 Å². The fourth-order valence-corrected chi connectivity index (χ4v) is 4.17. The lowest BCUT2D eigenvalue weighted by Crippen LogP contribution is -2.26. The average Bonchev–Trinajstić information content (AvgIpc) is 3.25. The first-order valence-electron chi connectivity index (χ1n) is 12.2. The lowest BCUT2D eigenvalue weighted by atomic mass is 10.1. The second-order valence-electron chi connectivity index (χ2n) is 8.65. The predicted octanol–water partition coefficient (Wildman–Crippen LogP) is 4.73. The number of rotatable bonds is 12. The Morgan fingerprint density at radius 2 is 1.75 bits per heavy atom. The number of carbonyl (C=O) groups is 1. The van der Waals surface area contributed by atoms with Crippen LogP contribution < -0.4 is 19.5 Å². The number of amides is 1. The largest absolute Gasteiger partial charge is 0.493 e. The number of aryl methyl sites for hydroxylation is 2. The molecule has 0 atom stereocenters. The summed E-state index contributed by atoms with van der Waals surface area (Å²) in [5.74, 6) is 3.10. The maximum atomic E-state index is 12.5. The predicted molar refractivity (Wildman–Crippen MR) is 141 cm³/mol. The van der Waals surface area contributed by atoms with Crippen LogP contribution in [0.2, 0.25) is 0 Å². The van der Waals surface area contributed by atoms with Crippen LogP contribution in [-0.2, 0) is 24.2 Å². The van der Waals surface area contributed by atoms with Gasteiger partial charge in [-0.15, -0.1) is 0 Å². The van der Waals surface area contributed by atoms with E-state index in [0.717, 1.165) is 41.0 Å². The van der Waals surface area contributed by atoms with Gasteiger partial charge in [0, 0.05) is 13.0 Å². The number of hydrogen-bond donors (Lipinski definition) is 1. The molecule has 7 heteroatoms. The number of nitrogens with zero attached hydrogens (tertiary/aromatic N) is 2. The molecule has 7 nitrogen and oxygen atoms in total. The highest BCUT2D eigenvalue weighted by atomic mass is 16.5. The van der Waals surface area contributed by atoms with Crippen molar-refractivity contribution in [1.29, 1.82) is 0 Å².